The average Bonchev–Trinajstić information content (AvgIpc) is 2.40. The predicted octanol–water partition coefficient (Wildman–Crippen LogP) is 2.67. The summed E-state index contributed by atoms with van der Waals surface area (Å²) in [6.45, 7) is 4.22. The van der Waals surface area contributed by atoms with E-state index in [0.29, 0.717) is 5.82 Å². The molecule has 0 spiro atoms. The van der Waals surface area contributed by atoms with E-state index in [4.69, 9.17) is 5.84 Å². The van der Waals surface area contributed by atoms with Crippen LogP contribution in [-0.2, 0) is 5.75 Å². The van der Waals surface area contributed by atoms with Crippen molar-refractivity contribution in [1.82, 2.24) is 9.97 Å². The third-order valence-electron chi connectivity index (χ3n) is 2.57. The van der Waals surface area contributed by atoms with Crippen LogP contribution in [0.5, 0.6) is 0 Å². The van der Waals surface area contributed by atoms with Crippen molar-refractivity contribution in [3.8, 4) is 0 Å². The first-order chi connectivity index (χ1) is 8.69. The van der Waals surface area contributed by atoms with Crippen molar-refractivity contribution in [2.45, 2.75) is 24.5 Å². The zero-order valence-electron chi connectivity index (χ0n) is 10.5. The summed E-state index contributed by atoms with van der Waals surface area (Å²) >= 11 is 1.77. The van der Waals surface area contributed by atoms with Crippen LogP contribution in [0.25, 0.3) is 0 Å². The number of aromatic nitrogens is 2. The van der Waals surface area contributed by atoms with E-state index >= 15 is 0 Å². The number of rotatable bonds is 4. The molecule has 4 nitrogen and oxygen atoms in total. The molecular formula is C13H16N4S. The van der Waals surface area contributed by atoms with Crippen LogP contribution in [-0.4, -0.2) is 9.97 Å². The number of nitrogens with two attached hydrogens (primary N) is 1. The lowest BCUT2D eigenvalue weighted by molar-refractivity contribution is 1.08. The Hall–Kier alpha value is -1.59. The number of thioether (sulfide) groups is 1. The minimum Gasteiger partial charge on any atom is -0.307 e. The maximum atomic E-state index is 5.24. The highest BCUT2D eigenvalue weighted by molar-refractivity contribution is 7.98. The van der Waals surface area contributed by atoms with E-state index in [2.05, 4.69) is 47.4 Å². The second-order valence-corrected chi connectivity index (χ2v) is 5.11. The van der Waals surface area contributed by atoms with Gasteiger partial charge in [0.15, 0.2) is 5.82 Å². The van der Waals surface area contributed by atoms with Gasteiger partial charge in [0.2, 0.25) is 0 Å². The number of nitrogens with zero attached hydrogens (tertiary/aromatic N) is 2. The molecule has 0 radical (unpaired) electrons. The van der Waals surface area contributed by atoms with Crippen LogP contribution in [0.15, 0.2) is 35.5 Å². The Morgan fingerprint density at radius 1 is 1.22 bits per heavy atom. The molecule has 1 aromatic heterocycles. The van der Waals surface area contributed by atoms with Crippen molar-refractivity contribution in [3.05, 3.63) is 47.4 Å². The third-order valence-corrected chi connectivity index (χ3v) is 3.76. The summed E-state index contributed by atoms with van der Waals surface area (Å²) in [7, 11) is 0. The molecule has 2 aromatic rings. The highest BCUT2D eigenvalue weighted by Crippen LogP contribution is 2.26. The van der Waals surface area contributed by atoms with Crippen LogP contribution >= 0.6 is 11.8 Å². The van der Waals surface area contributed by atoms with E-state index in [-0.39, 0.29) is 0 Å². The molecule has 1 heterocycles. The first-order valence-electron chi connectivity index (χ1n) is 5.66. The number of hydrogen-bond donors (Lipinski definition) is 2. The number of aryl methyl sites for hydroxylation is 2. The molecule has 0 aliphatic carbocycles. The van der Waals surface area contributed by atoms with E-state index < -0.39 is 0 Å². The van der Waals surface area contributed by atoms with Crippen LogP contribution in [0.4, 0.5) is 5.82 Å². The van der Waals surface area contributed by atoms with Crippen molar-refractivity contribution < 1.29 is 0 Å². The van der Waals surface area contributed by atoms with E-state index in [1.54, 1.807) is 24.2 Å². The molecule has 0 saturated heterocycles. The summed E-state index contributed by atoms with van der Waals surface area (Å²) in [4.78, 5) is 9.72. The maximum absolute atomic E-state index is 5.24. The van der Waals surface area contributed by atoms with Gasteiger partial charge < -0.3 is 5.43 Å². The van der Waals surface area contributed by atoms with E-state index in [0.717, 1.165) is 11.4 Å². The molecule has 0 aliphatic rings. The van der Waals surface area contributed by atoms with E-state index in [9.17, 15) is 0 Å². The molecule has 2 rings (SSSR count). The Balaban J connectivity index is 2.04. The standard InChI is InChI=1S/C13H16N4S/c1-9-3-4-10(2)12(5-9)18-8-11-6-16-13(17-14)7-15-11/h3-7H,8,14H2,1-2H3,(H,16,17). The molecule has 0 amide bonds. The van der Waals surface area contributed by atoms with Gasteiger partial charge in [-0.1, -0.05) is 17.7 Å². The van der Waals surface area contributed by atoms with Gasteiger partial charge in [-0.3, -0.25) is 4.98 Å². The summed E-state index contributed by atoms with van der Waals surface area (Å²) in [5, 5.41) is 0. The molecule has 3 N–H and O–H groups in total. The summed E-state index contributed by atoms with van der Waals surface area (Å²) in [5.41, 5.74) is 5.97. The van der Waals surface area contributed by atoms with Crippen LogP contribution in [0, 0.1) is 13.8 Å². The smallest absolute Gasteiger partial charge is 0.158 e. The minimum absolute atomic E-state index is 0.579. The van der Waals surface area contributed by atoms with Gasteiger partial charge in [0.1, 0.15) is 0 Å². The number of benzene rings is 1. The quantitative estimate of drug-likeness (QED) is 0.502. The van der Waals surface area contributed by atoms with Gasteiger partial charge in [0.25, 0.3) is 0 Å². The minimum atomic E-state index is 0.579. The molecule has 0 aliphatic heterocycles. The maximum Gasteiger partial charge on any atom is 0.158 e. The summed E-state index contributed by atoms with van der Waals surface area (Å²) < 4.78 is 0. The fourth-order valence-corrected chi connectivity index (χ4v) is 2.54. The molecule has 0 atom stereocenters. The fourth-order valence-electron chi connectivity index (χ4n) is 1.52. The molecule has 5 heteroatoms. The molecule has 0 bridgehead atoms. The lowest BCUT2D eigenvalue weighted by atomic mass is 10.2. The highest BCUT2D eigenvalue weighted by Gasteiger charge is 2.02. The summed E-state index contributed by atoms with van der Waals surface area (Å²) in [6.07, 6.45) is 3.38. The molecule has 1 aromatic carbocycles. The second-order valence-electron chi connectivity index (χ2n) is 4.09. The topological polar surface area (TPSA) is 63.8 Å². The average molecular weight is 260 g/mol. The van der Waals surface area contributed by atoms with Crippen molar-refractivity contribution in [2.75, 3.05) is 5.43 Å². The van der Waals surface area contributed by atoms with Gasteiger partial charge in [0.05, 0.1) is 18.1 Å². The fraction of sp³-hybridized carbons (Fsp3) is 0.231. The SMILES string of the molecule is Cc1ccc(C)c(SCc2cnc(NN)cn2)c1. The monoisotopic (exact) mass is 260 g/mol. The largest absolute Gasteiger partial charge is 0.307 e. The molecular weight excluding hydrogens is 244 g/mol. The number of hydrogen-bond acceptors (Lipinski definition) is 5. The van der Waals surface area contributed by atoms with Crippen molar-refractivity contribution >= 4 is 17.6 Å². The molecule has 94 valence electrons. The van der Waals surface area contributed by atoms with Gasteiger partial charge in [-0.2, -0.15) is 0 Å². The van der Waals surface area contributed by atoms with Gasteiger partial charge in [0, 0.05) is 10.6 Å². The van der Waals surface area contributed by atoms with Crippen molar-refractivity contribution in [2.24, 2.45) is 5.84 Å². The van der Waals surface area contributed by atoms with Crippen molar-refractivity contribution in [1.29, 1.82) is 0 Å². The number of nitrogen functional groups attached to an aromatic ring is 1. The predicted molar refractivity (Wildman–Crippen MR) is 75.3 cm³/mol. The molecule has 0 fully saturated rings. The summed E-state index contributed by atoms with van der Waals surface area (Å²) in [6, 6.07) is 6.47. The Kier molecular flexibility index (Phi) is 4.17. The van der Waals surface area contributed by atoms with Crippen LogP contribution in [0.1, 0.15) is 16.8 Å². The van der Waals surface area contributed by atoms with Gasteiger partial charge >= 0.3 is 0 Å². The molecule has 0 unspecified atom stereocenters. The number of anilines is 1. The highest BCUT2D eigenvalue weighted by atomic mass is 32.2. The van der Waals surface area contributed by atoms with E-state index in [1.807, 2.05) is 0 Å². The molecule has 0 saturated carbocycles. The van der Waals surface area contributed by atoms with Gasteiger partial charge in [-0.25, -0.2) is 10.8 Å². The van der Waals surface area contributed by atoms with E-state index in [1.165, 1.54) is 16.0 Å². The Bertz CT molecular complexity index is 525. The lowest BCUT2D eigenvalue weighted by Gasteiger charge is -2.06. The third kappa shape index (κ3) is 3.21. The van der Waals surface area contributed by atoms with Crippen LogP contribution in [0.2, 0.25) is 0 Å². The zero-order chi connectivity index (χ0) is 13.0. The van der Waals surface area contributed by atoms with Gasteiger partial charge in [-0.15, -0.1) is 11.8 Å². The normalized spacial score (nSPS) is 10.4. The Labute approximate surface area is 111 Å². The van der Waals surface area contributed by atoms with Crippen LogP contribution in [0.3, 0.4) is 0 Å². The van der Waals surface area contributed by atoms with Gasteiger partial charge in [-0.05, 0) is 25.5 Å². The Morgan fingerprint density at radius 2 is 2.06 bits per heavy atom. The van der Waals surface area contributed by atoms with Crippen molar-refractivity contribution in [3.63, 3.8) is 0 Å². The first-order valence-corrected chi connectivity index (χ1v) is 6.65. The number of hydrazine groups is 1. The lowest BCUT2D eigenvalue weighted by Crippen LogP contribution is -2.08. The second kappa shape index (κ2) is 5.84. The summed E-state index contributed by atoms with van der Waals surface area (Å²) in [5.74, 6) is 6.63. The first kappa shape index (κ1) is 12.9. The zero-order valence-corrected chi connectivity index (χ0v) is 11.3. The molecule has 18 heavy (non-hydrogen) atoms. The number of nitrogens with one attached hydrogen (secondary N) is 1. The Morgan fingerprint density at radius 3 is 2.72 bits per heavy atom. The van der Waals surface area contributed by atoms with Crippen LogP contribution < -0.4 is 11.3 Å².